The molecule has 2 aromatic carbocycles. The molecule has 0 spiro atoms. The van der Waals surface area contributed by atoms with Crippen LogP contribution in [0.1, 0.15) is 5.76 Å². The molecule has 2 N–H and O–H groups in total. The first-order valence-corrected chi connectivity index (χ1v) is 8.03. The van der Waals surface area contributed by atoms with Gasteiger partial charge in [0.05, 0.1) is 11.5 Å². The molecule has 0 aliphatic heterocycles. The van der Waals surface area contributed by atoms with Crippen LogP contribution in [0.4, 0.5) is 16.2 Å². The minimum Gasteiger partial charge on any atom is -0.459 e. The zero-order valence-electron chi connectivity index (χ0n) is 13.4. The maximum atomic E-state index is 11.9. The van der Waals surface area contributed by atoms with Crippen LogP contribution in [0.25, 0.3) is 11.3 Å². The van der Waals surface area contributed by atoms with Crippen molar-refractivity contribution in [2.45, 2.75) is 6.54 Å². The van der Waals surface area contributed by atoms with Crippen molar-refractivity contribution in [2.24, 2.45) is 0 Å². The van der Waals surface area contributed by atoms with Crippen LogP contribution in [-0.2, 0) is 6.54 Å². The van der Waals surface area contributed by atoms with Gasteiger partial charge in [-0.1, -0.05) is 17.7 Å². The second-order valence-electron chi connectivity index (χ2n) is 5.39. The highest BCUT2D eigenvalue weighted by atomic mass is 35.5. The molecule has 0 aliphatic carbocycles. The number of furan rings is 1. The van der Waals surface area contributed by atoms with Gasteiger partial charge in [-0.15, -0.1) is 0 Å². The second-order valence-corrected chi connectivity index (χ2v) is 5.82. The monoisotopic (exact) mass is 371 g/mol. The van der Waals surface area contributed by atoms with E-state index in [1.807, 2.05) is 12.1 Å². The molecule has 0 saturated heterocycles. The van der Waals surface area contributed by atoms with Gasteiger partial charge in [-0.3, -0.25) is 10.1 Å². The molecule has 26 heavy (non-hydrogen) atoms. The fourth-order valence-corrected chi connectivity index (χ4v) is 2.41. The molecule has 132 valence electrons. The summed E-state index contributed by atoms with van der Waals surface area (Å²) in [7, 11) is 0. The summed E-state index contributed by atoms with van der Waals surface area (Å²) in [5, 5.41) is 16.6. The van der Waals surface area contributed by atoms with Gasteiger partial charge in [-0.25, -0.2) is 4.79 Å². The van der Waals surface area contributed by atoms with Gasteiger partial charge in [0.2, 0.25) is 0 Å². The predicted molar refractivity (Wildman–Crippen MR) is 98.1 cm³/mol. The minimum atomic E-state index is -0.524. The van der Waals surface area contributed by atoms with Crippen LogP contribution >= 0.6 is 11.6 Å². The Hall–Kier alpha value is -3.32. The number of carbonyl (C=O) groups excluding carboxylic acids is 1. The maximum Gasteiger partial charge on any atom is 0.319 e. The van der Waals surface area contributed by atoms with Crippen LogP contribution in [0.15, 0.2) is 65.1 Å². The zero-order valence-corrected chi connectivity index (χ0v) is 14.2. The van der Waals surface area contributed by atoms with Gasteiger partial charge in [-0.2, -0.15) is 0 Å². The normalized spacial score (nSPS) is 10.3. The fourth-order valence-electron chi connectivity index (χ4n) is 2.28. The molecule has 0 radical (unpaired) electrons. The third-order valence-corrected chi connectivity index (χ3v) is 3.78. The summed E-state index contributed by atoms with van der Waals surface area (Å²) in [6.07, 6.45) is 0. The van der Waals surface area contributed by atoms with Gasteiger partial charge < -0.3 is 15.1 Å². The van der Waals surface area contributed by atoms with Crippen molar-refractivity contribution in [1.29, 1.82) is 0 Å². The maximum absolute atomic E-state index is 11.9. The molecule has 0 atom stereocenters. The molecule has 0 aliphatic rings. The van der Waals surface area contributed by atoms with Crippen molar-refractivity contribution >= 4 is 29.0 Å². The number of non-ortho nitro benzene ring substituents is 1. The summed E-state index contributed by atoms with van der Waals surface area (Å²) in [6.45, 7) is 0.175. The average molecular weight is 372 g/mol. The third kappa shape index (κ3) is 4.40. The first kappa shape index (κ1) is 17.5. The lowest BCUT2D eigenvalue weighted by Crippen LogP contribution is -2.27. The predicted octanol–water partition coefficient (Wildman–Crippen LogP) is 4.83. The van der Waals surface area contributed by atoms with Crippen molar-refractivity contribution in [1.82, 2.24) is 5.32 Å². The number of urea groups is 1. The number of nitrogens with zero attached hydrogens (tertiary/aromatic N) is 1. The highest BCUT2D eigenvalue weighted by molar-refractivity contribution is 6.30. The number of nitrogens with one attached hydrogen (secondary N) is 2. The van der Waals surface area contributed by atoms with E-state index in [1.54, 1.807) is 30.3 Å². The van der Waals surface area contributed by atoms with Gasteiger partial charge in [0, 0.05) is 28.4 Å². The lowest BCUT2D eigenvalue weighted by atomic mass is 10.2. The van der Waals surface area contributed by atoms with Crippen LogP contribution in [0, 0.1) is 10.1 Å². The number of nitro groups is 1. The van der Waals surface area contributed by atoms with E-state index in [9.17, 15) is 14.9 Å². The smallest absolute Gasteiger partial charge is 0.319 e. The van der Waals surface area contributed by atoms with Gasteiger partial charge >= 0.3 is 6.03 Å². The Morgan fingerprint density at radius 2 is 1.88 bits per heavy atom. The molecule has 0 bridgehead atoms. The number of nitro benzene ring substituents is 1. The number of halogens is 1. The number of hydrogen-bond acceptors (Lipinski definition) is 4. The van der Waals surface area contributed by atoms with Crippen molar-refractivity contribution in [3.63, 3.8) is 0 Å². The number of carbonyl (C=O) groups is 1. The topological polar surface area (TPSA) is 97.4 Å². The number of benzene rings is 2. The average Bonchev–Trinajstić information content (AvgIpc) is 3.10. The Balaban J connectivity index is 1.57. The summed E-state index contributed by atoms with van der Waals surface area (Å²) in [6, 6.07) is 16.0. The zero-order chi connectivity index (χ0) is 18.5. The number of anilines is 1. The van der Waals surface area contributed by atoms with E-state index < -0.39 is 11.0 Å². The number of amides is 2. The number of rotatable bonds is 5. The molecule has 2 amide bonds. The highest BCUT2D eigenvalue weighted by Gasteiger charge is 2.09. The Kier molecular flexibility index (Phi) is 5.19. The fraction of sp³-hybridized carbons (Fsp3) is 0.0556. The van der Waals surface area contributed by atoms with Crippen LogP contribution in [0.5, 0.6) is 0 Å². The van der Waals surface area contributed by atoms with Gasteiger partial charge in [-0.05, 0) is 42.5 Å². The minimum absolute atomic E-state index is 0.0959. The molecule has 8 heteroatoms. The van der Waals surface area contributed by atoms with Crippen LogP contribution < -0.4 is 10.6 Å². The van der Waals surface area contributed by atoms with Gasteiger partial charge in [0.25, 0.3) is 5.69 Å². The van der Waals surface area contributed by atoms with Gasteiger partial charge in [0.1, 0.15) is 11.5 Å². The van der Waals surface area contributed by atoms with E-state index in [-0.39, 0.29) is 12.2 Å². The molecule has 1 aromatic heterocycles. The molecule has 0 saturated carbocycles. The van der Waals surface area contributed by atoms with Crippen molar-refractivity contribution < 1.29 is 14.1 Å². The summed E-state index contributed by atoms with van der Waals surface area (Å²) < 4.78 is 5.69. The lowest BCUT2D eigenvalue weighted by molar-refractivity contribution is -0.384. The lowest BCUT2D eigenvalue weighted by Gasteiger charge is -2.06. The molecular weight excluding hydrogens is 358 g/mol. The Labute approximate surface area is 153 Å². The standard InChI is InChI=1S/C18H14ClN3O4/c19-13-6-4-12(5-7-13)17-9-8-16(26-17)11-20-18(23)21-14-2-1-3-15(10-14)22(24)25/h1-10H,11H2,(H2,20,21,23). The van der Waals surface area contributed by atoms with Gasteiger partial charge in [0.15, 0.2) is 0 Å². The van der Waals surface area contributed by atoms with Crippen LogP contribution in [0.2, 0.25) is 5.02 Å². The van der Waals surface area contributed by atoms with Crippen molar-refractivity contribution in [3.05, 3.63) is 81.6 Å². The molecular formula is C18H14ClN3O4. The van der Waals surface area contributed by atoms with E-state index in [0.717, 1.165) is 5.56 Å². The SMILES string of the molecule is O=C(NCc1ccc(-c2ccc(Cl)cc2)o1)Nc1cccc([N+](=O)[O-])c1. The van der Waals surface area contributed by atoms with E-state index >= 15 is 0 Å². The second kappa shape index (κ2) is 7.71. The molecule has 0 unspecified atom stereocenters. The summed E-state index contributed by atoms with van der Waals surface area (Å²) in [5.74, 6) is 1.24. The van der Waals surface area contributed by atoms with E-state index in [1.165, 1.54) is 18.2 Å². The summed E-state index contributed by atoms with van der Waals surface area (Å²) in [4.78, 5) is 22.2. The van der Waals surface area contributed by atoms with E-state index in [0.29, 0.717) is 22.2 Å². The molecule has 0 fully saturated rings. The van der Waals surface area contributed by atoms with Crippen LogP contribution in [-0.4, -0.2) is 11.0 Å². The quantitative estimate of drug-likeness (QED) is 0.495. The first-order chi connectivity index (χ1) is 12.5. The molecule has 7 nitrogen and oxygen atoms in total. The molecule has 1 heterocycles. The Morgan fingerprint density at radius 3 is 2.62 bits per heavy atom. The highest BCUT2D eigenvalue weighted by Crippen LogP contribution is 2.23. The third-order valence-electron chi connectivity index (χ3n) is 3.53. The first-order valence-electron chi connectivity index (χ1n) is 7.65. The number of hydrogen-bond donors (Lipinski definition) is 2. The Bertz CT molecular complexity index is 938. The van der Waals surface area contributed by atoms with Crippen molar-refractivity contribution in [3.8, 4) is 11.3 Å². The van der Waals surface area contributed by atoms with E-state index in [2.05, 4.69) is 10.6 Å². The largest absolute Gasteiger partial charge is 0.459 e. The van der Waals surface area contributed by atoms with Crippen molar-refractivity contribution in [2.75, 3.05) is 5.32 Å². The summed E-state index contributed by atoms with van der Waals surface area (Å²) in [5.41, 5.74) is 1.11. The van der Waals surface area contributed by atoms with E-state index in [4.69, 9.17) is 16.0 Å². The van der Waals surface area contributed by atoms with Crippen LogP contribution in [0.3, 0.4) is 0 Å². The summed E-state index contributed by atoms with van der Waals surface area (Å²) >= 11 is 5.86. The Morgan fingerprint density at radius 1 is 1.12 bits per heavy atom. The molecule has 3 rings (SSSR count). The molecule has 3 aromatic rings.